The van der Waals surface area contributed by atoms with Crippen molar-refractivity contribution in [2.45, 2.75) is 33.2 Å². The molecule has 1 N–H and O–H groups in total. The topological polar surface area (TPSA) is 21.3 Å². The van der Waals surface area contributed by atoms with Crippen molar-refractivity contribution in [3.05, 3.63) is 35.1 Å². The normalized spacial score (nSPS) is 12.7. The van der Waals surface area contributed by atoms with Crippen LogP contribution in [-0.4, -0.2) is 19.8 Å². The minimum Gasteiger partial charge on any atom is -0.382 e. The van der Waals surface area contributed by atoms with E-state index in [1.807, 2.05) is 19.9 Å². The Bertz CT molecular complexity index is 341. The summed E-state index contributed by atoms with van der Waals surface area (Å²) >= 11 is 0. The Hall–Kier alpha value is -0.930. The Labute approximate surface area is 103 Å². The van der Waals surface area contributed by atoms with Crippen LogP contribution in [0.3, 0.4) is 0 Å². The molecule has 0 bridgehead atoms. The second-order valence-electron chi connectivity index (χ2n) is 4.10. The summed E-state index contributed by atoms with van der Waals surface area (Å²) in [4.78, 5) is 0. The SMILES string of the molecule is CCNC(CCOCC)c1cc(F)ccc1C. The van der Waals surface area contributed by atoms with Crippen LogP contribution in [0.1, 0.15) is 37.4 Å². The van der Waals surface area contributed by atoms with Crippen molar-refractivity contribution < 1.29 is 9.13 Å². The first-order valence-corrected chi connectivity index (χ1v) is 6.26. The van der Waals surface area contributed by atoms with Crippen molar-refractivity contribution in [1.29, 1.82) is 0 Å². The molecule has 0 aliphatic heterocycles. The average molecular weight is 239 g/mol. The highest BCUT2D eigenvalue weighted by Crippen LogP contribution is 2.21. The lowest BCUT2D eigenvalue weighted by Crippen LogP contribution is -2.23. The predicted molar refractivity (Wildman–Crippen MR) is 68.7 cm³/mol. The van der Waals surface area contributed by atoms with E-state index in [0.717, 1.165) is 30.7 Å². The van der Waals surface area contributed by atoms with Crippen LogP contribution < -0.4 is 5.32 Å². The van der Waals surface area contributed by atoms with E-state index in [9.17, 15) is 4.39 Å². The summed E-state index contributed by atoms with van der Waals surface area (Å²) in [6.45, 7) is 8.34. The van der Waals surface area contributed by atoms with Crippen LogP contribution in [0.15, 0.2) is 18.2 Å². The number of benzene rings is 1. The van der Waals surface area contributed by atoms with Crippen molar-refractivity contribution >= 4 is 0 Å². The molecule has 96 valence electrons. The van der Waals surface area contributed by atoms with E-state index in [4.69, 9.17) is 4.74 Å². The molecule has 0 aromatic heterocycles. The molecule has 0 aliphatic carbocycles. The van der Waals surface area contributed by atoms with Gasteiger partial charge in [-0.15, -0.1) is 0 Å². The maximum atomic E-state index is 13.3. The third-order valence-corrected chi connectivity index (χ3v) is 2.82. The maximum Gasteiger partial charge on any atom is 0.123 e. The Balaban J connectivity index is 2.77. The first kappa shape index (κ1) is 14.1. The van der Waals surface area contributed by atoms with Gasteiger partial charge < -0.3 is 10.1 Å². The van der Waals surface area contributed by atoms with Gasteiger partial charge in [0, 0.05) is 19.3 Å². The molecule has 1 rings (SSSR count). The Morgan fingerprint density at radius 2 is 2.12 bits per heavy atom. The highest BCUT2D eigenvalue weighted by Gasteiger charge is 2.13. The smallest absolute Gasteiger partial charge is 0.123 e. The molecule has 1 aromatic carbocycles. The predicted octanol–water partition coefficient (Wildman–Crippen LogP) is 3.21. The van der Waals surface area contributed by atoms with Gasteiger partial charge in [0.2, 0.25) is 0 Å². The number of hydrogen-bond acceptors (Lipinski definition) is 2. The molecule has 1 unspecified atom stereocenters. The first-order chi connectivity index (χ1) is 8.19. The molecular formula is C14H22FNO. The van der Waals surface area contributed by atoms with Gasteiger partial charge in [0.05, 0.1) is 0 Å². The summed E-state index contributed by atoms with van der Waals surface area (Å²) in [6.07, 6.45) is 0.867. The summed E-state index contributed by atoms with van der Waals surface area (Å²) < 4.78 is 18.6. The van der Waals surface area contributed by atoms with E-state index >= 15 is 0 Å². The molecular weight excluding hydrogens is 217 g/mol. The fraction of sp³-hybridized carbons (Fsp3) is 0.571. The number of aryl methyl sites for hydroxylation is 1. The number of nitrogens with one attached hydrogen (secondary N) is 1. The van der Waals surface area contributed by atoms with Gasteiger partial charge in [-0.1, -0.05) is 13.0 Å². The maximum absolute atomic E-state index is 13.3. The summed E-state index contributed by atoms with van der Waals surface area (Å²) in [6, 6.07) is 5.12. The highest BCUT2D eigenvalue weighted by molar-refractivity contribution is 5.29. The largest absolute Gasteiger partial charge is 0.382 e. The van der Waals surface area contributed by atoms with Crippen LogP contribution in [-0.2, 0) is 4.74 Å². The zero-order valence-electron chi connectivity index (χ0n) is 10.9. The van der Waals surface area contributed by atoms with Gasteiger partial charge in [-0.2, -0.15) is 0 Å². The van der Waals surface area contributed by atoms with Gasteiger partial charge in [0.1, 0.15) is 5.82 Å². The summed E-state index contributed by atoms with van der Waals surface area (Å²) in [5.74, 6) is -0.176. The zero-order valence-corrected chi connectivity index (χ0v) is 10.9. The molecule has 2 nitrogen and oxygen atoms in total. The third kappa shape index (κ3) is 4.44. The number of rotatable bonds is 7. The van der Waals surface area contributed by atoms with Crippen LogP contribution >= 0.6 is 0 Å². The Morgan fingerprint density at radius 1 is 1.35 bits per heavy atom. The standard InChI is InChI=1S/C14H22FNO/c1-4-16-14(8-9-17-5-2)13-10-12(15)7-6-11(13)3/h6-7,10,14,16H,4-5,8-9H2,1-3H3. The summed E-state index contributed by atoms with van der Waals surface area (Å²) in [5, 5.41) is 3.38. The van der Waals surface area contributed by atoms with Gasteiger partial charge in [0.25, 0.3) is 0 Å². The van der Waals surface area contributed by atoms with Crippen LogP contribution in [0.25, 0.3) is 0 Å². The van der Waals surface area contributed by atoms with Gasteiger partial charge in [-0.3, -0.25) is 0 Å². The zero-order chi connectivity index (χ0) is 12.7. The average Bonchev–Trinajstić information content (AvgIpc) is 2.32. The second kappa shape index (κ2) is 7.41. The molecule has 0 saturated heterocycles. The Kier molecular flexibility index (Phi) is 6.16. The fourth-order valence-electron chi connectivity index (χ4n) is 1.95. The van der Waals surface area contributed by atoms with Gasteiger partial charge in [-0.25, -0.2) is 4.39 Å². The summed E-state index contributed by atoms with van der Waals surface area (Å²) in [5.41, 5.74) is 2.15. The number of ether oxygens (including phenoxy) is 1. The molecule has 0 heterocycles. The number of halogens is 1. The van der Waals surface area contributed by atoms with E-state index in [1.165, 1.54) is 6.07 Å². The van der Waals surface area contributed by atoms with Crippen molar-refractivity contribution in [2.24, 2.45) is 0 Å². The van der Waals surface area contributed by atoms with Crippen LogP contribution in [0.2, 0.25) is 0 Å². The lowest BCUT2D eigenvalue weighted by molar-refractivity contribution is 0.136. The third-order valence-electron chi connectivity index (χ3n) is 2.82. The second-order valence-corrected chi connectivity index (χ2v) is 4.10. The van der Waals surface area contributed by atoms with Gasteiger partial charge in [0.15, 0.2) is 0 Å². The molecule has 0 saturated carbocycles. The molecule has 1 aromatic rings. The van der Waals surface area contributed by atoms with Gasteiger partial charge in [-0.05, 0) is 50.1 Å². The number of hydrogen-bond donors (Lipinski definition) is 1. The molecule has 0 aliphatic rings. The molecule has 3 heteroatoms. The minimum absolute atomic E-state index is 0.169. The van der Waals surface area contributed by atoms with E-state index in [1.54, 1.807) is 6.07 Å². The van der Waals surface area contributed by atoms with Crippen LogP contribution in [0.5, 0.6) is 0 Å². The van der Waals surface area contributed by atoms with Gasteiger partial charge >= 0.3 is 0 Å². The molecule has 17 heavy (non-hydrogen) atoms. The van der Waals surface area contributed by atoms with E-state index < -0.39 is 0 Å². The summed E-state index contributed by atoms with van der Waals surface area (Å²) in [7, 11) is 0. The monoisotopic (exact) mass is 239 g/mol. The van der Waals surface area contributed by atoms with Crippen molar-refractivity contribution in [3.63, 3.8) is 0 Å². The minimum atomic E-state index is -0.176. The molecule has 0 fully saturated rings. The van der Waals surface area contributed by atoms with Crippen LogP contribution in [0.4, 0.5) is 4.39 Å². The van der Waals surface area contributed by atoms with Crippen LogP contribution in [0, 0.1) is 12.7 Å². The molecule has 0 amide bonds. The van der Waals surface area contributed by atoms with E-state index in [-0.39, 0.29) is 11.9 Å². The molecule has 1 atom stereocenters. The van der Waals surface area contributed by atoms with E-state index in [2.05, 4.69) is 12.2 Å². The fourth-order valence-corrected chi connectivity index (χ4v) is 1.95. The molecule has 0 spiro atoms. The first-order valence-electron chi connectivity index (χ1n) is 6.26. The van der Waals surface area contributed by atoms with Crippen molar-refractivity contribution in [2.75, 3.05) is 19.8 Å². The van der Waals surface area contributed by atoms with E-state index in [0.29, 0.717) is 6.61 Å². The molecule has 0 radical (unpaired) electrons. The quantitative estimate of drug-likeness (QED) is 0.738. The lowest BCUT2D eigenvalue weighted by Gasteiger charge is -2.20. The Morgan fingerprint density at radius 3 is 2.76 bits per heavy atom. The lowest BCUT2D eigenvalue weighted by atomic mass is 9.99. The highest BCUT2D eigenvalue weighted by atomic mass is 19.1. The van der Waals surface area contributed by atoms with Crippen molar-refractivity contribution in [1.82, 2.24) is 5.32 Å². The van der Waals surface area contributed by atoms with Crippen molar-refractivity contribution in [3.8, 4) is 0 Å².